The van der Waals surface area contributed by atoms with E-state index < -0.39 is 0 Å². The van der Waals surface area contributed by atoms with Crippen molar-refractivity contribution < 1.29 is 4.79 Å². The van der Waals surface area contributed by atoms with Crippen LogP contribution in [0, 0.1) is 23.7 Å². The molecule has 0 unspecified atom stereocenters. The van der Waals surface area contributed by atoms with Gasteiger partial charge < -0.3 is 14.5 Å². The van der Waals surface area contributed by atoms with Crippen LogP contribution in [-0.4, -0.2) is 36.5 Å². The van der Waals surface area contributed by atoms with E-state index >= 15 is 0 Å². The molecule has 1 N–H and O–H groups in total. The number of aryl methyl sites for hydroxylation is 1. The minimum atomic E-state index is -0.236. The van der Waals surface area contributed by atoms with E-state index in [1.807, 2.05) is 19.1 Å². The molecule has 1 amide bonds. The summed E-state index contributed by atoms with van der Waals surface area (Å²) in [6.45, 7) is 7.77. The predicted molar refractivity (Wildman–Crippen MR) is 147 cm³/mol. The molecule has 10 heteroatoms. The van der Waals surface area contributed by atoms with Crippen LogP contribution >= 0.6 is 0 Å². The van der Waals surface area contributed by atoms with Gasteiger partial charge in [0.15, 0.2) is 5.69 Å². The van der Waals surface area contributed by atoms with Crippen LogP contribution in [0.15, 0.2) is 47.8 Å². The monoisotopic (exact) mass is 520 g/mol. The van der Waals surface area contributed by atoms with Gasteiger partial charge in [-0.05, 0) is 60.1 Å². The SMILES string of the molecule is Cc1c(-c2cc(Nc3cnc(C#N)cn3)c(=O)n(C)c2)ccnc1N1CCn2c(cc3c2CC(C)(C)C3)C1=O. The van der Waals surface area contributed by atoms with Crippen molar-refractivity contribution in [1.82, 2.24) is 24.1 Å². The van der Waals surface area contributed by atoms with Crippen LogP contribution in [0.25, 0.3) is 11.1 Å². The molecule has 0 spiro atoms. The Morgan fingerprint density at radius 2 is 1.90 bits per heavy atom. The Balaban J connectivity index is 1.34. The molecular formula is C29H28N8O2. The third-order valence-corrected chi connectivity index (χ3v) is 7.58. The molecule has 39 heavy (non-hydrogen) atoms. The van der Waals surface area contributed by atoms with Gasteiger partial charge in [0, 0.05) is 43.8 Å². The molecule has 2 aliphatic rings. The Morgan fingerprint density at radius 1 is 1.08 bits per heavy atom. The van der Waals surface area contributed by atoms with Crippen molar-refractivity contribution in [3.63, 3.8) is 0 Å². The fourth-order valence-corrected chi connectivity index (χ4v) is 5.76. The summed E-state index contributed by atoms with van der Waals surface area (Å²) < 4.78 is 3.69. The number of amides is 1. The number of hydrogen-bond donors (Lipinski definition) is 1. The lowest BCUT2D eigenvalue weighted by Crippen LogP contribution is -2.41. The van der Waals surface area contributed by atoms with E-state index in [1.165, 1.54) is 28.2 Å². The maximum Gasteiger partial charge on any atom is 0.276 e. The van der Waals surface area contributed by atoms with E-state index in [0.29, 0.717) is 23.9 Å². The Bertz CT molecular complexity index is 1740. The molecule has 0 saturated heterocycles. The lowest BCUT2D eigenvalue weighted by molar-refractivity contribution is 0.0963. The summed E-state index contributed by atoms with van der Waals surface area (Å²) >= 11 is 0. The third-order valence-electron chi connectivity index (χ3n) is 7.58. The summed E-state index contributed by atoms with van der Waals surface area (Å²) in [5, 5.41) is 12.0. The van der Waals surface area contributed by atoms with Gasteiger partial charge in [-0.15, -0.1) is 0 Å². The lowest BCUT2D eigenvalue weighted by atomic mass is 9.90. The first kappa shape index (κ1) is 24.6. The van der Waals surface area contributed by atoms with E-state index in [9.17, 15) is 9.59 Å². The van der Waals surface area contributed by atoms with Crippen LogP contribution in [0.2, 0.25) is 0 Å². The number of rotatable bonds is 4. The van der Waals surface area contributed by atoms with Crippen LogP contribution in [0.5, 0.6) is 0 Å². The smallest absolute Gasteiger partial charge is 0.276 e. The van der Waals surface area contributed by atoms with E-state index in [2.05, 4.69) is 44.7 Å². The molecule has 0 fully saturated rings. The highest BCUT2D eigenvalue weighted by atomic mass is 16.2. The Morgan fingerprint density at radius 3 is 2.64 bits per heavy atom. The Labute approximate surface area is 225 Å². The van der Waals surface area contributed by atoms with Gasteiger partial charge in [0.25, 0.3) is 11.5 Å². The maximum atomic E-state index is 13.7. The number of anilines is 3. The van der Waals surface area contributed by atoms with Crippen molar-refractivity contribution in [3.8, 4) is 17.2 Å². The first-order valence-electron chi connectivity index (χ1n) is 12.8. The number of nitrogens with one attached hydrogen (secondary N) is 1. The molecule has 196 valence electrons. The van der Waals surface area contributed by atoms with Crippen molar-refractivity contribution in [2.45, 2.75) is 40.2 Å². The maximum absolute atomic E-state index is 13.7. The van der Waals surface area contributed by atoms with E-state index in [4.69, 9.17) is 5.26 Å². The number of fused-ring (bicyclic) bond motifs is 3. The fraction of sp³-hybridized carbons (Fsp3) is 0.310. The van der Waals surface area contributed by atoms with Gasteiger partial charge >= 0.3 is 0 Å². The van der Waals surface area contributed by atoms with Crippen LogP contribution < -0.4 is 15.8 Å². The molecule has 0 atom stereocenters. The van der Waals surface area contributed by atoms with Gasteiger partial charge in [0.05, 0.1) is 12.4 Å². The number of nitriles is 1. The number of nitrogens with zero attached hydrogens (tertiary/aromatic N) is 7. The zero-order chi connectivity index (χ0) is 27.5. The normalized spacial score (nSPS) is 15.6. The van der Waals surface area contributed by atoms with Crippen LogP contribution in [0.3, 0.4) is 0 Å². The fourth-order valence-electron chi connectivity index (χ4n) is 5.76. The first-order chi connectivity index (χ1) is 18.6. The molecule has 1 aliphatic carbocycles. The van der Waals surface area contributed by atoms with Crippen molar-refractivity contribution in [1.29, 1.82) is 5.26 Å². The lowest BCUT2D eigenvalue weighted by Gasteiger charge is -2.30. The van der Waals surface area contributed by atoms with Crippen LogP contribution in [0.1, 0.15) is 46.9 Å². The minimum Gasteiger partial charge on any atom is -0.339 e. The topological polar surface area (TPSA) is 122 Å². The van der Waals surface area contributed by atoms with Crippen LogP contribution in [-0.2, 0) is 26.4 Å². The molecular weight excluding hydrogens is 492 g/mol. The van der Waals surface area contributed by atoms with Gasteiger partial charge in [0.2, 0.25) is 0 Å². The molecule has 0 radical (unpaired) electrons. The summed E-state index contributed by atoms with van der Waals surface area (Å²) in [4.78, 5) is 41.1. The number of aromatic nitrogens is 5. The molecule has 4 aromatic heterocycles. The highest BCUT2D eigenvalue weighted by Gasteiger charge is 2.37. The summed E-state index contributed by atoms with van der Waals surface area (Å²) in [6, 6.07) is 7.63. The minimum absolute atomic E-state index is 0.0385. The van der Waals surface area contributed by atoms with Gasteiger partial charge in [0.1, 0.15) is 29.1 Å². The summed E-state index contributed by atoms with van der Waals surface area (Å²) in [5.41, 5.74) is 6.30. The molecule has 1 aliphatic heterocycles. The van der Waals surface area contributed by atoms with Gasteiger partial charge in [-0.3, -0.25) is 14.5 Å². The average Bonchev–Trinajstić information content (AvgIpc) is 3.40. The number of hydrogen-bond acceptors (Lipinski definition) is 7. The van der Waals surface area contributed by atoms with Crippen molar-refractivity contribution in [2.24, 2.45) is 12.5 Å². The average molecular weight is 521 g/mol. The van der Waals surface area contributed by atoms with E-state index in [0.717, 1.165) is 41.8 Å². The summed E-state index contributed by atoms with van der Waals surface area (Å²) in [6.07, 6.45) is 8.19. The summed E-state index contributed by atoms with van der Waals surface area (Å²) in [7, 11) is 1.68. The second kappa shape index (κ2) is 8.91. The van der Waals surface area contributed by atoms with Crippen molar-refractivity contribution >= 4 is 23.2 Å². The molecule has 10 nitrogen and oxygen atoms in total. The zero-order valence-electron chi connectivity index (χ0n) is 22.3. The van der Waals surface area contributed by atoms with Gasteiger partial charge in [-0.2, -0.15) is 5.26 Å². The summed E-state index contributed by atoms with van der Waals surface area (Å²) in [5.74, 6) is 0.933. The highest BCUT2D eigenvalue weighted by molar-refractivity contribution is 6.06. The molecule has 0 saturated carbocycles. The number of pyridine rings is 2. The molecule has 6 rings (SSSR count). The Kier molecular flexibility index (Phi) is 5.61. The largest absolute Gasteiger partial charge is 0.339 e. The van der Waals surface area contributed by atoms with E-state index in [-0.39, 0.29) is 22.6 Å². The third kappa shape index (κ3) is 4.16. The Hall–Kier alpha value is -4.78. The highest BCUT2D eigenvalue weighted by Crippen LogP contribution is 2.40. The number of carbonyl (C=O) groups excluding carboxylic acids is 1. The standard InChI is InChI=1S/C29H28N8O2/c1-17-21(19-9-22(27(38)35(4)16-19)34-25-15-32-20(13-30)14-33-25)5-6-31-26(17)37-8-7-36-23(28(37)39)10-18-11-29(2,3)12-24(18)36/h5-6,9-10,14-16H,7-8,11-12H2,1-4H3,(H,33,34). The second-order valence-electron chi connectivity index (χ2n) is 11.0. The van der Waals surface area contributed by atoms with Crippen LogP contribution in [0.4, 0.5) is 17.3 Å². The molecule has 0 aromatic carbocycles. The molecule has 0 bridgehead atoms. The van der Waals surface area contributed by atoms with Crippen molar-refractivity contribution in [2.75, 3.05) is 16.8 Å². The second-order valence-corrected chi connectivity index (χ2v) is 11.0. The predicted octanol–water partition coefficient (Wildman–Crippen LogP) is 3.75. The molecule has 5 heterocycles. The van der Waals surface area contributed by atoms with Crippen molar-refractivity contribution in [3.05, 3.63) is 81.5 Å². The van der Waals surface area contributed by atoms with Gasteiger partial charge in [-0.1, -0.05) is 13.8 Å². The quantitative estimate of drug-likeness (QED) is 0.435. The first-order valence-corrected chi connectivity index (χ1v) is 12.8. The molecule has 4 aromatic rings. The van der Waals surface area contributed by atoms with E-state index in [1.54, 1.807) is 30.4 Å². The number of carbonyl (C=O) groups is 1. The van der Waals surface area contributed by atoms with Gasteiger partial charge in [-0.25, -0.2) is 15.0 Å². The zero-order valence-corrected chi connectivity index (χ0v) is 22.3.